The quantitative estimate of drug-likeness (QED) is 0.291. The summed E-state index contributed by atoms with van der Waals surface area (Å²) in [6.07, 6.45) is -0.174. The Morgan fingerprint density at radius 3 is 2.41 bits per heavy atom. The van der Waals surface area contributed by atoms with Crippen molar-refractivity contribution in [1.82, 2.24) is 14.7 Å². The van der Waals surface area contributed by atoms with Gasteiger partial charge < -0.3 is 9.47 Å². The van der Waals surface area contributed by atoms with Crippen LogP contribution in [0.2, 0.25) is 0 Å². The Hall–Kier alpha value is -4.31. The van der Waals surface area contributed by atoms with E-state index in [1.165, 1.54) is 36.4 Å². The number of ether oxygens (including phenoxy) is 2. The first-order valence-electron chi connectivity index (χ1n) is 12.2. The highest BCUT2D eigenvalue weighted by Crippen LogP contribution is 2.32. The molecule has 0 spiro atoms. The van der Waals surface area contributed by atoms with Crippen LogP contribution < -0.4 is 14.2 Å². The maximum Gasteiger partial charge on any atom is 0.281 e. The van der Waals surface area contributed by atoms with Gasteiger partial charge in [-0.05, 0) is 82.6 Å². The fourth-order valence-electron chi connectivity index (χ4n) is 3.82. The van der Waals surface area contributed by atoms with Gasteiger partial charge in [0.1, 0.15) is 22.9 Å². The maximum atomic E-state index is 14.4. The molecule has 0 fully saturated rings. The van der Waals surface area contributed by atoms with E-state index in [1.54, 1.807) is 25.1 Å². The lowest BCUT2D eigenvalue weighted by molar-refractivity contribution is 0.0978. The summed E-state index contributed by atoms with van der Waals surface area (Å²) in [5.41, 5.74) is 2.82. The van der Waals surface area contributed by atoms with Gasteiger partial charge in [0.15, 0.2) is 5.03 Å². The molecule has 202 valence electrons. The molecule has 0 bridgehead atoms. The number of nitrogens with one attached hydrogen (secondary N) is 1. The third-order valence-electron chi connectivity index (χ3n) is 5.55. The fraction of sp³-hybridized carbons (Fsp3) is 0.207. The van der Waals surface area contributed by atoms with Gasteiger partial charge >= 0.3 is 0 Å². The van der Waals surface area contributed by atoms with Gasteiger partial charge in [-0.2, -0.15) is 8.42 Å². The van der Waals surface area contributed by atoms with E-state index in [2.05, 4.69) is 9.97 Å². The number of nitrogens with zero attached hydrogens (tertiary/aromatic N) is 2. The summed E-state index contributed by atoms with van der Waals surface area (Å²) in [5, 5.41) is -0.297. The predicted octanol–water partition coefficient (Wildman–Crippen LogP) is 5.91. The summed E-state index contributed by atoms with van der Waals surface area (Å²) in [6, 6.07) is 17.0. The predicted molar refractivity (Wildman–Crippen MR) is 145 cm³/mol. The summed E-state index contributed by atoms with van der Waals surface area (Å²) in [4.78, 5) is 21.7. The number of rotatable bonds is 8. The number of carbonyl (C=O) groups is 1. The van der Waals surface area contributed by atoms with Gasteiger partial charge in [-0.15, -0.1) is 0 Å². The van der Waals surface area contributed by atoms with E-state index in [9.17, 15) is 17.6 Å². The molecule has 2 aromatic heterocycles. The average Bonchev–Trinajstić information content (AvgIpc) is 2.84. The minimum absolute atomic E-state index is 0.134. The molecule has 0 unspecified atom stereocenters. The highest BCUT2D eigenvalue weighted by molar-refractivity contribution is 7.90. The number of benzene rings is 2. The van der Waals surface area contributed by atoms with Crippen molar-refractivity contribution in [2.24, 2.45) is 0 Å². The second-order valence-corrected chi connectivity index (χ2v) is 10.9. The van der Waals surface area contributed by atoms with Crippen LogP contribution in [0.5, 0.6) is 17.4 Å². The lowest BCUT2D eigenvalue weighted by Gasteiger charge is -2.15. The minimum atomic E-state index is -4.28. The molecule has 4 rings (SSSR count). The third kappa shape index (κ3) is 6.77. The number of amides is 1. The number of carbonyl (C=O) groups excluding carboxylic acids is 1. The van der Waals surface area contributed by atoms with Crippen LogP contribution in [0.1, 0.15) is 41.0 Å². The highest BCUT2D eigenvalue weighted by Gasteiger charge is 2.24. The van der Waals surface area contributed by atoms with Crippen LogP contribution in [0.3, 0.4) is 0 Å². The molecule has 0 radical (unpaired) electrons. The van der Waals surface area contributed by atoms with Crippen molar-refractivity contribution >= 4 is 15.9 Å². The standard InChI is InChI=1S/C29H28FN3O5S/c1-17(2)37-23-15-21(14-22(30)16-23)25-11-10-24(29(32-25)38-26-12-9-18(3)13-19(26)4)28(34)33-39(35,36)27-8-6-7-20(5)31-27/h6-17H,1-5H3,(H,33,34). The van der Waals surface area contributed by atoms with Gasteiger partial charge in [0, 0.05) is 17.3 Å². The van der Waals surface area contributed by atoms with Crippen molar-refractivity contribution in [2.75, 3.05) is 0 Å². The average molecular weight is 550 g/mol. The highest BCUT2D eigenvalue weighted by atomic mass is 32.2. The molecular weight excluding hydrogens is 521 g/mol. The molecule has 1 N–H and O–H groups in total. The second kappa shape index (κ2) is 11.2. The van der Waals surface area contributed by atoms with E-state index in [0.717, 1.165) is 11.1 Å². The molecule has 0 aliphatic rings. The Labute approximate surface area is 226 Å². The molecule has 10 heteroatoms. The van der Waals surface area contributed by atoms with E-state index in [4.69, 9.17) is 9.47 Å². The molecule has 1 amide bonds. The Kier molecular flexibility index (Phi) is 7.96. The van der Waals surface area contributed by atoms with E-state index in [1.807, 2.05) is 44.5 Å². The van der Waals surface area contributed by atoms with Crippen LogP contribution in [0.4, 0.5) is 4.39 Å². The van der Waals surface area contributed by atoms with Gasteiger partial charge in [-0.25, -0.2) is 19.1 Å². The molecule has 0 saturated carbocycles. The van der Waals surface area contributed by atoms with Crippen LogP contribution in [0.15, 0.2) is 71.8 Å². The summed E-state index contributed by atoms with van der Waals surface area (Å²) in [5.74, 6) is -0.900. The number of hydrogen-bond donors (Lipinski definition) is 1. The first-order valence-corrected chi connectivity index (χ1v) is 13.6. The van der Waals surface area contributed by atoms with E-state index in [0.29, 0.717) is 28.5 Å². The number of aryl methyl sites for hydroxylation is 3. The molecule has 8 nitrogen and oxygen atoms in total. The van der Waals surface area contributed by atoms with E-state index >= 15 is 0 Å². The van der Waals surface area contributed by atoms with Crippen molar-refractivity contribution in [3.05, 3.63) is 94.9 Å². The molecule has 2 heterocycles. The van der Waals surface area contributed by atoms with Crippen LogP contribution in [0.25, 0.3) is 11.3 Å². The largest absolute Gasteiger partial charge is 0.491 e. The number of hydrogen-bond acceptors (Lipinski definition) is 7. The Morgan fingerprint density at radius 2 is 1.72 bits per heavy atom. The number of halogens is 1. The zero-order chi connectivity index (χ0) is 28.3. The maximum absolute atomic E-state index is 14.4. The minimum Gasteiger partial charge on any atom is -0.491 e. The van der Waals surface area contributed by atoms with Gasteiger partial charge in [-0.3, -0.25) is 4.79 Å². The Morgan fingerprint density at radius 1 is 0.949 bits per heavy atom. The molecule has 0 aliphatic heterocycles. The molecule has 0 aliphatic carbocycles. The summed E-state index contributed by atoms with van der Waals surface area (Å²) < 4.78 is 53.9. The molecule has 4 aromatic rings. The summed E-state index contributed by atoms with van der Waals surface area (Å²) in [6.45, 7) is 9.06. The monoisotopic (exact) mass is 549 g/mol. The van der Waals surface area contributed by atoms with Gasteiger partial charge in [0.2, 0.25) is 5.88 Å². The zero-order valence-corrected chi connectivity index (χ0v) is 23.0. The zero-order valence-electron chi connectivity index (χ0n) is 22.2. The molecular formula is C29H28FN3O5S. The second-order valence-electron chi connectivity index (χ2n) is 9.31. The Bertz CT molecular complexity index is 1650. The number of sulfonamides is 1. The molecule has 0 saturated heterocycles. The van der Waals surface area contributed by atoms with E-state index < -0.39 is 21.7 Å². The lowest BCUT2D eigenvalue weighted by Crippen LogP contribution is -2.31. The topological polar surface area (TPSA) is 107 Å². The van der Waals surface area contributed by atoms with Crippen molar-refractivity contribution < 1.29 is 27.1 Å². The van der Waals surface area contributed by atoms with Crippen LogP contribution in [0, 0.1) is 26.6 Å². The number of pyridine rings is 2. The van der Waals surface area contributed by atoms with Crippen molar-refractivity contribution in [3.63, 3.8) is 0 Å². The Balaban J connectivity index is 1.77. The fourth-order valence-corrected chi connectivity index (χ4v) is 4.80. The molecule has 39 heavy (non-hydrogen) atoms. The summed E-state index contributed by atoms with van der Waals surface area (Å²) >= 11 is 0. The normalized spacial score (nSPS) is 11.4. The smallest absolute Gasteiger partial charge is 0.281 e. The SMILES string of the molecule is Cc1ccc(Oc2nc(-c3cc(F)cc(OC(C)C)c3)ccc2C(=O)NS(=O)(=O)c2cccc(C)n2)c(C)c1. The van der Waals surface area contributed by atoms with Crippen LogP contribution in [-0.4, -0.2) is 30.4 Å². The lowest BCUT2D eigenvalue weighted by atomic mass is 10.1. The third-order valence-corrected chi connectivity index (χ3v) is 6.78. The van der Waals surface area contributed by atoms with Crippen molar-refractivity contribution in [3.8, 4) is 28.6 Å². The first-order chi connectivity index (χ1) is 18.4. The van der Waals surface area contributed by atoms with Gasteiger partial charge in [-0.1, -0.05) is 23.8 Å². The number of aromatic nitrogens is 2. The molecule has 0 atom stereocenters. The van der Waals surface area contributed by atoms with Gasteiger partial charge in [0.25, 0.3) is 15.9 Å². The summed E-state index contributed by atoms with van der Waals surface area (Å²) in [7, 11) is -4.28. The van der Waals surface area contributed by atoms with Crippen molar-refractivity contribution in [1.29, 1.82) is 0 Å². The van der Waals surface area contributed by atoms with Crippen LogP contribution >= 0.6 is 0 Å². The van der Waals surface area contributed by atoms with E-state index in [-0.39, 0.29) is 22.6 Å². The van der Waals surface area contributed by atoms with Gasteiger partial charge in [0.05, 0.1) is 11.8 Å². The van der Waals surface area contributed by atoms with Crippen LogP contribution in [-0.2, 0) is 10.0 Å². The first kappa shape index (κ1) is 27.7. The molecule has 2 aromatic carbocycles. The van der Waals surface area contributed by atoms with Crippen molar-refractivity contribution in [2.45, 2.75) is 45.7 Å².